The third kappa shape index (κ3) is 2.23. The van der Waals surface area contributed by atoms with Crippen LogP contribution in [0.25, 0.3) is 10.2 Å². The van der Waals surface area contributed by atoms with Gasteiger partial charge < -0.3 is 15.7 Å². The summed E-state index contributed by atoms with van der Waals surface area (Å²) in [6.45, 7) is 0.648. The van der Waals surface area contributed by atoms with E-state index in [1.165, 1.54) is 11.3 Å². The summed E-state index contributed by atoms with van der Waals surface area (Å²) in [7, 11) is 1.77. The van der Waals surface area contributed by atoms with Crippen LogP contribution in [-0.2, 0) is 0 Å². The number of carbonyl (C=O) groups is 1. The summed E-state index contributed by atoms with van der Waals surface area (Å²) in [5.41, 5.74) is 6.51. The molecule has 1 fully saturated rings. The first-order valence-electron chi connectivity index (χ1n) is 6.49. The number of carbonyl (C=O) groups excluding carboxylic acids is 1. The topological polar surface area (TPSA) is 92.3 Å². The Morgan fingerprint density at radius 1 is 1.60 bits per heavy atom. The Bertz CT molecular complexity index is 651. The number of aliphatic hydroxyl groups excluding tert-OH is 1. The molecule has 1 aliphatic rings. The molecule has 0 aliphatic heterocycles. The summed E-state index contributed by atoms with van der Waals surface area (Å²) in [5.74, 6) is 0.293. The Kier molecular flexibility index (Phi) is 3.31. The number of thiophene rings is 1. The SMILES string of the molecule is CN(CC1CC(O)C1)C(=O)c1sc2nnccc2c1N. The number of fused-ring (bicyclic) bond motifs is 1. The highest BCUT2D eigenvalue weighted by Crippen LogP contribution is 2.33. The highest BCUT2D eigenvalue weighted by Gasteiger charge is 2.30. The minimum atomic E-state index is -0.201. The van der Waals surface area contributed by atoms with Crippen molar-refractivity contribution in [2.75, 3.05) is 19.3 Å². The van der Waals surface area contributed by atoms with Gasteiger partial charge in [0.15, 0.2) is 0 Å². The molecule has 2 aromatic rings. The Hall–Kier alpha value is -1.73. The molecular weight excluding hydrogens is 276 g/mol. The first kappa shape index (κ1) is 13.3. The zero-order chi connectivity index (χ0) is 14.3. The van der Waals surface area contributed by atoms with Gasteiger partial charge in [0.25, 0.3) is 5.91 Å². The molecule has 106 valence electrons. The maximum absolute atomic E-state index is 12.4. The Morgan fingerprint density at radius 2 is 2.35 bits per heavy atom. The van der Waals surface area contributed by atoms with Crippen LogP contribution < -0.4 is 5.73 Å². The van der Waals surface area contributed by atoms with Crippen LogP contribution in [-0.4, -0.2) is 45.8 Å². The second-order valence-electron chi connectivity index (χ2n) is 5.27. The van der Waals surface area contributed by atoms with Crippen molar-refractivity contribution in [3.63, 3.8) is 0 Å². The molecule has 6 nitrogen and oxygen atoms in total. The maximum Gasteiger partial charge on any atom is 0.265 e. The maximum atomic E-state index is 12.4. The Balaban J connectivity index is 1.79. The van der Waals surface area contributed by atoms with Crippen molar-refractivity contribution in [3.8, 4) is 0 Å². The third-order valence-electron chi connectivity index (χ3n) is 3.70. The second kappa shape index (κ2) is 4.99. The van der Waals surface area contributed by atoms with Crippen LogP contribution in [0.15, 0.2) is 12.3 Å². The van der Waals surface area contributed by atoms with Gasteiger partial charge >= 0.3 is 0 Å². The van der Waals surface area contributed by atoms with Gasteiger partial charge in [0, 0.05) is 19.0 Å². The highest BCUT2D eigenvalue weighted by molar-refractivity contribution is 7.21. The molecule has 3 N–H and O–H groups in total. The van der Waals surface area contributed by atoms with E-state index in [1.54, 1.807) is 24.2 Å². The summed E-state index contributed by atoms with van der Waals surface area (Å²) >= 11 is 1.27. The number of aromatic nitrogens is 2. The number of amides is 1. The van der Waals surface area contributed by atoms with Crippen LogP contribution in [0.1, 0.15) is 22.5 Å². The lowest BCUT2D eigenvalue weighted by Crippen LogP contribution is -2.39. The molecule has 2 aromatic heterocycles. The summed E-state index contributed by atoms with van der Waals surface area (Å²) in [6, 6.07) is 1.77. The largest absolute Gasteiger partial charge is 0.397 e. The summed E-state index contributed by atoms with van der Waals surface area (Å²) in [5, 5.41) is 17.9. The van der Waals surface area contributed by atoms with E-state index in [9.17, 15) is 9.90 Å². The minimum absolute atomic E-state index is 0.0908. The Labute approximate surface area is 120 Å². The lowest BCUT2D eigenvalue weighted by molar-refractivity contribution is 0.0267. The predicted molar refractivity (Wildman–Crippen MR) is 77.5 cm³/mol. The molecule has 0 atom stereocenters. The van der Waals surface area contributed by atoms with E-state index in [1.807, 2.05) is 0 Å². The van der Waals surface area contributed by atoms with Crippen molar-refractivity contribution in [1.82, 2.24) is 15.1 Å². The second-order valence-corrected chi connectivity index (χ2v) is 6.27. The smallest absolute Gasteiger partial charge is 0.265 e. The number of aliphatic hydroxyl groups is 1. The van der Waals surface area contributed by atoms with Gasteiger partial charge in [-0.1, -0.05) is 0 Å². The molecule has 0 radical (unpaired) electrons. The third-order valence-corrected chi connectivity index (χ3v) is 4.80. The zero-order valence-electron chi connectivity index (χ0n) is 11.1. The van der Waals surface area contributed by atoms with Gasteiger partial charge in [0.05, 0.1) is 18.0 Å². The number of anilines is 1. The van der Waals surface area contributed by atoms with Crippen molar-refractivity contribution in [2.24, 2.45) is 5.92 Å². The molecule has 0 spiro atoms. The van der Waals surface area contributed by atoms with E-state index >= 15 is 0 Å². The van der Waals surface area contributed by atoms with Crippen molar-refractivity contribution < 1.29 is 9.90 Å². The molecule has 3 rings (SSSR count). The van der Waals surface area contributed by atoms with Gasteiger partial charge in [-0.3, -0.25) is 4.79 Å². The first-order chi connectivity index (χ1) is 9.56. The van der Waals surface area contributed by atoms with Crippen LogP contribution in [0, 0.1) is 5.92 Å². The van der Waals surface area contributed by atoms with Gasteiger partial charge in [0.2, 0.25) is 0 Å². The average molecular weight is 292 g/mol. The van der Waals surface area contributed by atoms with Crippen molar-refractivity contribution in [3.05, 3.63) is 17.1 Å². The first-order valence-corrected chi connectivity index (χ1v) is 7.31. The molecule has 1 aliphatic carbocycles. The lowest BCUT2D eigenvalue weighted by Gasteiger charge is -2.34. The standard InChI is InChI=1S/C13H16N4O2S/c1-17(6-7-4-8(18)5-7)13(19)11-10(14)9-2-3-15-16-12(9)20-11/h2-3,7-8,18H,4-6,14H2,1H3. The fraction of sp³-hybridized carbons (Fsp3) is 0.462. The molecule has 7 heteroatoms. The van der Waals surface area contributed by atoms with Gasteiger partial charge in [-0.15, -0.1) is 16.4 Å². The van der Waals surface area contributed by atoms with E-state index in [0.29, 0.717) is 27.9 Å². The fourth-order valence-electron chi connectivity index (χ4n) is 2.53. The number of nitrogens with zero attached hydrogens (tertiary/aromatic N) is 3. The van der Waals surface area contributed by atoms with E-state index in [0.717, 1.165) is 18.2 Å². The summed E-state index contributed by atoms with van der Waals surface area (Å²) in [4.78, 5) is 15.3. The van der Waals surface area contributed by atoms with Gasteiger partial charge in [0.1, 0.15) is 9.71 Å². The van der Waals surface area contributed by atoms with E-state index < -0.39 is 0 Å². The fourth-order valence-corrected chi connectivity index (χ4v) is 3.56. The molecule has 0 aromatic carbocycles. The molecule has 2 heterocycles. The van der Waals surface area contributed by atoms with Crippen LogP contribution in [0.2, 0.25) is 0 Å². The molecule has 1 amide bonds. The normalized spacial score (nSPS) is 21.7. The minimum Gasteiger partial charge on any atom is -0.397 e. The number of nitrogens with two attached hydrogens (primary N) is 1. The zero-order valence-corrected chi connectivity index (χ0v) is 11.9. The molecule has 0 saturated heterocycles. The van der Waals surface area contributed by atoms with E-state index in [2.05, 4.69) is 10.2 Å². The van der Waals surface area contributed by atoms with Crippen molar-refractivity contribution in [2.45, 2.75) is 18.9 Å². The predicted octanol–water partition coefficient (Wildman–Crippen LogP) is 1.12. The number of hydrogen-bond donors (Lipinski definition) is 2. The highest BCUT2D eigenvalue weighted by atomic mass is 32.1. The number of hydrogen-bond acceptors (Lipinski definition) is 6. The van der Waals surface area contributed by atoms with Crippen molar-refractivity contribution in [1.29, 1.82) is 0 Å². The van der Waals surface area contributed by atoms with E-state index in [4.69, 9.17) is 5.73 Å². The number of nitrogen functional groups attached to an aromatic ring is 1. The van der Waals surface area contributed by atoms with Gasteiger partial charge in [-0.25, -0.2) is 0 Å². The molecule has 20 heavy (non-hydrogen) atoms. The van der Waals surface area contributed by atoms with Gasteiger partial charge in [-0.05, 0) is 24.8 Å². The van der Waals surface area contributed by atoms with Crippen LogP contribution >= 0.6 is 11.3 Å². The lowest BCUT2D eigenvalue weighted by atomic mass is 9.82. The molecule has 0 bridgehead atoms. The molecular formula is C13H16N4O2S. The quantitative estimate of drug-likeness (QED) is 0.884. The van der Waals surface area contributed by atoms with Crippen LogP contribution in [0.5, 0.6) is 0 Å². The van der Waals surface area contributed by atoms with Crippen LogP contribution in [0.3, 0.4) is 0 Å². The van der Waals surface area contributed by atoms with Crippen LogP contribution in [0.4, 0.5) is 5.69 Å². The summed E-state index contributed by atoms with van der Waals surface area (Å²) in [6.07, 6.45) is 2.91. The monoisotopic (exact) mass is 292 g/mol. The summed E-state index contributed by atoms with van der Waals surface area (Å²) < 4.78 is 0. The number of rotatable bonds is 3. The van der Waals surface area contributed by atoms with E-state index in [-0.39, 0.29) is 12.0 Å². The molecule has 0 unspecified atom stereocenters. The van der Waals surface area contributed by atoms with Gasteiger partial charge in [-0.2, -0.15) is 5.10 Å². The van der Waals surface area contributed by atoms with Crippen molar-refractivity contribution >= 4 is 33.1 Å². The molecule has 1 saturated carbocycles. The average Bonchev–Trinajstić information content (AvgIpc) is 2.74. The Morgan fingerprint density at radius 3 is 3.00 bits per heavy atom.